The van der Waals surface area contributed by atoms with Crippen molar-refractivity contribution < 1.29 is 32.9 Å². The van der Waals surface area contributed by atoms with Gasteiger partial charge in [-0.1, -0.05) is 53.6 Å². The third-order valence-corrected chi connectivity index (χ3v) is 4.14. The van der Waals surface area contributed by atoms with Crippen molar-refractivity contribution in [2.24, 2.45) is 0 Å². The summed E-state index contributed by atoms with van der Waals surface area (Å²) in [5.41, 5.74) is 0.627. The minimum atomic E-state index is -4.02. The molecule has 0 bridgehead atoms. The van der Waals surface area contributed by atoms with Crippen molar-refractivity contribution in [3.8, 4) is 0 Å². The van der Waals surface area contributed by atoms with Gasteiger partial charge in [0.15, 0.2) is 0 Å². The molecule has 0 spiro atoms. The normalized spacial score (nSPS) is 11.8. The van der Waals surface area contributed by atoms with Crippen LogP contribution >= 0.6 is 12.0 Å². The van der Waals surface area contributed by atoms with E-state index in [0.717, 1.165) is 21.5 Å². The van der Waals surface area contributed by atoms with E-state index in [0.29, 0.717) is 5.56 Å². The summed E-state index contributed by atoms with van der Waals surface area (Å²) in [5, 5.41) is 10.4. The first kappa shape index (κ1) is 17.6. The zero-order chi connectivity index (χ0) is 17.9. The molecule has 5 nitrogen and oxygen atoms in total. The predicted molar refractivity (Wildman–Crippen MR) is 88.6 cm³/mol. The van der Waals surface area contributed by atoms with E-state index >= 15 is 0 Å². The van der Waals surface area contributed by atoms with Gasteiger partial charge in [-0.15, -0.1) is 4.33 Å². The van der Waals surface area contributed by atoms with Gasteiger partial charge in [0.25, 0.3) is 0 Å². The van der Waals surface area contributed by atoms with Gasteiger partial charge in [-0.3, -0.25) is 0 Å². The molecule has 0 radical (unpaired) electrons. The monoisotopic (exact) mass is 366 g/mol. The number of benzene rings is 3. The highest BCUT2D eigenvalue weighted by molar-refractivity contribution is 7.96. The molecule has 0 amide bonds. The fourth-order valence-corrected chi connectivity index (χ4v) is 2.82. The Morgan fingerprint density at radius 1 is 1.04 bits per heavy atom. The smallest absolute Gasteiger partial charge is 0.415 e. The molecule has 0 aliphatic rings. The Hall–Kier alpha value is -2.26. The highest BCUT2D eigenvalue weighted by atomic mass is 32.2. The van der Waals surface area contributed by atoms with Crippen molar-refractivity contribution >= 4 is 39.6 Å². The summed E-state index contributed by atoms with van der Waals surface area (Å²) < 4.78 is 35.4. The lowest BCUT2D eigenvalue weighted by atomic mass is 9.97. The first-order chi connectivity index (χ1) is 12.0. The van der Waals surface area contributed by atoms with Gasteiger partial charge in [-0.2, -0.15) is 8.78 Å². The standard InChI is InChI=1S/C17H12F2O5S/c18-17(19,25-24-23-21)16(20)22-10-15-13-7-3-1-5-11(13)9-12-6-2-4-8-14(12)15/h1-9,21H,10H2. The number of carbonyl (C=O) groups excluding carboxylic acids is 1. The van der Waals surface area contributed by atoms with Gasteiger partial charge in [-0.05, 0) is 27.6 Å². The van der Waals surface area contributed by atoms with Crippen molar-refractivity contribution in [2.45, 2.75) is 11.9 Å². The molecule has 0 fully saturated rings. The van der Waals surface area contributed by atoms with Gasteiger partial charge in [0.2, 0.25) is 0 Å². The Morgan fingerprint density at radius 2 is 1.60 bits per heavy atom. The Kier molecular flexibility index (Phi) is 5.14. The van der Waals surface area contributed by atoms with Crippen LogP contribution < -0.4 is 0 Å². The molecular formula is C17H12F2O5S. The van der Waals surface area contributed by atoms with Crippen LogP contribution in [-0.4, -0.2) is 16.5 Å². The molecule has 1 N–H and O–H groups in total. The van der Waals surface area contributed by atoms with E-state index < -0.39 is 23.3 Å². The van der Waals surface area contributed by atoms with Gasteiger partial charge >= 0.3 is 11.2 Å². The fourth-order valence-electron chi connectivity index (χ4n) is 2.58. The van der Waals surface area contributed by atoms with Crippen LogP contribution in [0.3, 0.4) is 0 Å². The number of alkyl halides is 2. The van der Waals surface area contributed by atoms with E-state index in [9.17, 15) is 13.6 Å². The highest BCUT2D eigenvalue weighted by Gasteiger charge is 2.44. The predicted octanol–water partition coefficient (Wildman–Crippen LogP) is 4.70. The highest BCUT2D eigenvalue weighted by Crippen LogP contribution is 2.33. The number of esters is 1. The van der Waals surface area contributed by atoms with Crippen molar-refractivity contribution in [1.82, 2.24) is 0 Å². The minimum absolute atomic E-state index is 0.336. The van der Waals surface area contributed by atoms with E-state index in [1.807, 2.05) is 54.6 Å². The topological polar surface area (TPSA) is 65.0 Å². The van der Waals surface area contributed by atoms with Crippen molar-refractivity contribution in [1.29, 1.82) is 0 Å². The average Bonchev–Trinajstić information content (AvgIpc) is 2.63. The molecule has 130 valence electrons. The number of hydrogen-bond acceptors (Lipinski definition) is 6. The molecule has 8 heteroatoms. The van der Waals surface area contributed by atoms with Crippen LogP contribution in [0.25, 0.3) is 21.5 Å². The molecule has 0 aliphatic heterocycles. The number of rotatable bonds is 6. The summed E-state index contributed by atoms with van der Waals surface area (Å²) in [6.07, 6.45) is 0. The van der Waals surface area contributed by atoms with Crippen LogP contribution in [0.15, 0.2) is 54.6 Å². The number of ether oxygens (including phenoxy) is 1. The third-order valence-electron chi connectivity index (χ3n) is 3.64. The summed E-state index contributed by atoms with van der Waals surface area (Å²) in [6.45, 7) is -0.336. The van der Waals surface area contributed by atoms with Crippen LogP contribution in [0.1, 0.15) is 5.56 Å². The van der Waals surface area contributed by atoms with E-state index in [4.69, 9.17) is 9.99 Å². The third kappa shape index (κ3) is 3.72. The summed E-state index contributed by atoms with van der Waals surface area (Å²) in [5.74, 6) is -1.80. The van der Waals surface area contributed by atoms with Gasteiger partial charge in [0.05, 0.1) is 0 Å². The molecule has 0 saturated carbocycles. The first-order valence-corrected chi connectivity index (χ1v) is 7.87. The van der Waals surface area contributed by atoms with Gasteiger partial charge < -0.3 is 4.74 Å². The molecule has 0 atom stereocenters. The lowest BCUT2D eigenvalue weighted by molar-refractivity contribution is -0.433. The van der Waals surface area contributed by atoms with Gasteiger partial charge in [0.1, 0.15) is 18.6 Å². The molecule has 3 aromatic carbocycles. The number of hydrogen-bond donors (Lipinski definition) is 1. The van der Waals surface area contributed by atoms with E-state index in [1.165, 1.54) is 0 Å². The lowest BCUT2D eigenvalue weighted by Gasteiger charge is -2.15. The van der Waals surface area contributed by atoms with Gasteiger partial charge in [-0.25, -0.2) is 10.1 Å². The van der Waals surface area contributed by atoms with Gasteiger partial charge in [0, 0.05) is 5.56 Å². The summed E-state index contributed by atoms with van der Waals surface area (Å²) in [4.78, 5) is 11.6. The summed E-state index contributed by atoms with van der Waals surface area (Å²) in [6, 6.07) is 16.8. The molecule has 0 unspecified atom stereocenters. The number of halogens is 2. The van der Waals surface area contributed by atoms with Crippen LogP contribution in [0.5, 0.6) is 0 Å². The summed E-state index contributed by atoms with van der Waals surface area (Å²) in [7, 11) is 0. The number of fused-ring (bicyclic) bond motifs is 2. The zero-order valence-electron chi connectivity index (χ0n) is 12.6. The fraction of sp³-hybridized carbons (Fsp3) is 0.118. The SMILES string of the molecule is O=C(OCc1c2ccccc2cc2ccccc12)C(F)(F)SOOO. The average molecular weight is 366 g/mol. The molecule has 0 saturated heterocycles. The Morgan fingerprint density at radius 3 is 2.16 bits per heavy atom. The van der Waals surface area contributed by atoms with E-state index in [1.54, 1.807) is 0 Å². The van der Waals surface area contributed by atoms with Crippen molar-refractivity contribution in [3.05, 3.63) is 60.2 Å². The first-order valence-electron chi connectivity index (χ1n) is 7.13. The van der Waals surface area contributed by atoms with Crippen LogP contribution in [0.2, 0.25) is 0 Å². The summed E-state index contributed by atoms with van der Waals surface area (Å²) >= 11 is -0.651. The van der Waals surface area contributed by atoms with Crippen LogP contribution in [-0.2, 0) is 25.5 Å². The quantitative estimate of drug-likeness (QED) is 0.224. The minimum Gasteiger partial charge on any atom is -0.456 e. The molecular weight excluding hydrogens is 354 g/mol. The largest absolute Gasteiger partial charge is 0.456 e. The van der Waals surface area contributed by atoms with Crippen molar-refractivity contribution in [3.63, 3.8) is 0 Å². The second kappa shape index (κ2) is 7.32. The zero-order valence-corrected chi connectivity index (χ0v) is 13.5. The molecule has 0 aliphatic carbocycles. The Balaban J connectivity index is 1.93. The Bertz CT molecular complexity index is 862. The Labute approximate surface area is 145 Å². The molecule has 0 heterocycles. The van der Waals surface area contributed by atoms with Crippen LogP contribution in [0, 0.1) is 0 Å². The molecule has 3 rings (SSSR count). The van der Waals surface area contributed by atoms with E-state index in [2.05, 4.69) is 9.37 Å². The van der Waals surface area contributed by atoms with Crippen molar-refractivity contribution in [2.75, 3.05) is 0 Å². The maximum absolute atomic E-state index is 13.5. The number of carbonyl (C=O) groups is 1. The second-order valence-corrected chi connectivity index (χ2v) is 5.93. The van der Waals surface area contributed by atoms with Crippen LogP contribution in [0.4, 0.5) is 8.78 Å². The molecule has 3 aromatic rings. The molecule has 25 heavy (non-hydrogen) atoms. The maximum atomic E-state index is 13.5. The molecule has 0 aromatic heterocycles. The van der Waals surface area contributed by atoms with E-state index in [-0.39, 0.29) is 6.61 Å². The maximum Gasteiger partial charge on any atom is 0.415 e. The second-order valence-electron chi connectivity index (χ2n) is 5.12. The lowest BCUT2D eigenvalue weighted by Crippen LogP contribution is -2.27.